The number of benzene rings is 2. The summed E-state index contributed by atoms with van der Waals surface area (Å²) in [6.45, 7) is 8.97. The first-order valence-corrected chi connectivity index (χ1v) is 11.1. The van der Waals surface area contributed by atoms with Gasteiger partial charge in [-0.05, 0) is 37.6 Å². The van der Waals surface area contributed by atoms with Crippen LogP contribution in [0.2, 0.25) is 0 Å². The molecular weight excluding hydrogens is 392 g/mol. The zero-order valence-electron chi connectivity index (χ0n) is 18.5. The van der Waals surface area contributed by atoms with Crippen molar-refractivity contribution in [2.45, 2.75) is 13.3 Å². The minimum Gasteiger partial charge on any atom is -0.495 e. The highest BCUT2D eigenvalue weighted by Crippen LogP contribution is 2.37. The van der Waals surface area contributed by atoms with Crippen molar-refractivity contribution in [3.63, 3.8) is 0 Å². The lowest BCUT2D eigenvalue weighted by Crippen LogP contribution is -2.46. The Kier molecular flexibility index (Phi) is 7.20. The number of methoxy groups -OCH3 is 1. The van der Waals surface area contributed by atoms with E-state index in [2.05, 4.69) is 28.0 Å². The van der Waals surface area contributed by atoms with Gasteiger partial charge in [-0.15, -0.1) is 0 Å². The first kappa shape index (κ1) is 21.4. The molecule has 0 aromatic heterocycles. The fraction of sp³-hybridized carbons (Fsp3) is 0.440. The van der Waals surface area contributed by atoms with E-state index in [4.69, 9.17) is 18.9 Å². The van der Waals surface area contributed by atoms with E-state index in [1.165, 1.54) is 5.69 Å². The summed E-state index contributed by atoms with van der Waals surface area (Å²) in [6.07, 6.45) is 5.06. The Morgan fingerprint density at radius 1 is 0.968 bits per heavy atom. The molecule has 31 heavy (non-hydrogen) atoms. The molecule has 0 saturated carbocycles. The molecule has 0 aliphatic carbocycles. The van der Waals surface area contributed by atoms with Gasteiger partial charge in [0.05, 0.1) is 26.0 Å². The Labute approximate surface area is 185 Å². The van der Waals surface area contributed by atoms with Crippen molar-refractivity contribution in [3.05, 3.63) is 48.0 Å². The van der Waals surface area contributed by atoms with Crippen LogP contribution < -0.4 is 23.8 Å². The van der Waals surface area contributed by atoms with Crippen LogP contribution in [0.1, 0.15) is 18.9 Å². The quantitative estimate of drug-likeness (QED) is 0.565. The highest BCUT2D eigenvalue weighted by atomic mass is 16.5. The first-order valence-electron chi connectivity index (χ1n) is 11.1. The molecule has 6 nitrogen and oxygen atoms in total. The van der Waals surface area contributed by atoms with Crippen LogP contribution in [-0.2, 0) is 0 Å². The molecule has 0 amide bonds. The third-order valence-electron chi connectivity index (χ3n) is 5.68. The van der Waals surface area contributed by atoms with Gasteiger partial charge in [0.15, 0.2) is 11.5 Å². The second kappa shape index (κ2) is 10.4. The van der Waals surface area contributed by atoms with Crippen molar-refractivity contribution in [2.75, 3.05) is 64.6 Å². The van der Waals surface area contributed by atoms with Gasteiger partial charge in [0, 0.05) is 44.4 Å². The number of piperazine rings is 1. The molecule has 0 N–H and O–H groups in total. The van der Waals surface area contributed by atoms with Crippen LogP contribution in [0.4, 0.5) is 5.69 Å². The third kappa shape index (κ3) is 5.25. The highest BCUT2D eigenvalue weighted by molar-refractivity contribution is 5.65. The van der Waals surface area contributed by atoms with E-state index < -0.39 is 0 Å². The second-order valence-corrected chi connectivity index (χ2v) is 7.69. The monoisotopic (exact) mass is 424 g/mol. The zero-order chi connectivity index (χ0) is 21.5. The van der Waals surface area contributed by atoms with Crippen LogP contribution >= 0.6 is 0 Å². The number of ether oxygens (including phenoxy) is 4. The average Bonchev–Trinajstić information content (AvgIpc) is 2.82. The molecule has 4 rings (SSSR count). The van der Waals surface area contributed by atoms with Gasteiger partial charge in [-0.25, -0.2) is 0 Å². The fourth-order valence-electron chi connectivity index (χ4n) is 4.08. The SMILES string of the molecule is CCOc1cc2c(cc1OCCCN1CCN(c3ccccc3OC)CC1)C=CCO2. The summed E-state index contributed by atoms with van der Waals surface area (Å²) >= 11 is 0. The Morgan fingerprint density at radius 3 is 2.58 bits per heavy atom. The summed E-state index contributed by atoms with van der Waals surface area (Å²) in [7, 11) is 1.73. The first-order chi connectivity index (χ1) is 15.3. The summed E-state index contributed by atoms with van der Waals surface area (Å²) in [5, 5.41) is 0. The normalized spacial score (nSPS) is 15.9. The Hall–Kier alpha value is -2.86. The van der Waals surface area contributed by atoms with Crippen LogP contribution in [0.15, 0.2) is 42.5 Å². The maximum Gasteiger partial charge on any atom is 0.164 e. The number of hydrogen-bond donors (Lipinski definition) is 0. The van der Waals surface area contributed by atoms with Crippen LogP contribution in [0.25, 0.3) is 6.08 Å². The molecule has 0 bridgehead atoms. The van der Waals surface area contributed by atoms with E-state index >= 15 is 0 Å². The van der Waals surface area contributed by atoms with Gasteiger partial charge in [-0.3, -0.25) is 4.90 Å². The zero-order valence-corrected chi connectivity index (χ0v) is 18.5. The predicted octanol–water partition coefficient (Wildman–Crippen LogP) is 4.09. The Balaban J connectivity index is 1.25. The molecule has 2 aliphatic rings. The van der Waals surface area contributed by atoms with Gasteiger partial charge < -0.3 is 23.8 Å². The van der Waals surface area contributed by atoms with Crippen molar-refractivity contribution in [2.24, 2.45) is 0 Å². The molecule has 0 spiro atoms. The van der Waals surface area contributed by atoms with Crippen molar-refractivity contribution < 1.29 is 18.9 Å². The van der Waals surface area contributed by atoms with Gasteiger partial charge >= 0.3 is 0 Å². The van der Waals surface area contributed by atoms with Gasteiger partial charge in [-0.2, -0.15) is 0 Å². The Bertz CT molecular complexity index is 891. The van der Waals surface area contributed by atoms with Crippen LogP contribution in [0, 0.1) is 0 Å². The second-order valence-electron chi connectivity index (χ2n) is 7.69. The minimum absolute atomic E-state index is 0.599. The number of para-hydroxylation sites is 2. The average molecular weight is 425 g/mol. The van der Waals surface area contributed by atoms with E-state index in [0.29, 0.717) is 19.8 Å². The van der Waals surface area contributed by atoms with E-state index in [-0.39, 0.29) is 0 Å². The fourth-order valence-corrected chi connectivity index (χ4v) is 4.08. The van der Waals surface area contributed by atoms with Crippen molar-refractivity contribution in [1.29, 1.82) is 0 Å². The van der Waals surface area contributed by atoms with Crippen molar-refractivity contribution >= 4 is 11.8 Å². The lowest BCUT2D eigenvalue weighted by molar-refractivity contribution is 0.218. The molecule has 2 aromatic rings. The maximum atomic E-state index is 6.10. The smallest absolute Gasteiger partial charge is 0.164 e. The Morgan fingerprint density at radius 2 is 1.77 bits per heavy atom. The lowest BCUT2D eigenvalue weighted by Gasteiger charge is -2.36. The molecule has 2 aromatic carbocycles. The van der Waals surface area contributed by atoms with Crippen LogP contribution in [0.3, 0.4) is 0 Å². The van der Waals surface area contributed by atoms with Crippen LogP contribution in [-0.4, -0.2) is 64.6 Å². The number of anilines is 1. The minimum atomic E-state index is 0.599. The molecule has 0 unspecified atom stereocenters. The summed E-state index contributed by atoms with van der Waals surface area (Å²) in [4.78, 5) is 4.91. The number of hydrogen-bond acceptors (Lipinski definition) is 6. The molecule has 0 radical (unpaired) electrons. The predicted molar refractivity (Wildman–Crippen MR) is 124 cm³/mol. The molecule has 1 fully saturated rings. The van der Waals surface area contributed by atoms with Crippen LogP contribution in [0.5, 0.6) is 23.0 Å². The van der Waals surface area contributed by atoms with Crippen molar-refractivity contribution in [3.8, 4) is 23.0 Å². The summed E-state index contributed by atoms with van der Waals surface area (Å²) < 4.78 is 23.1. The standard InChI is InChI=1S/C25H32N2O4/c1-3-29-25-19-23-20(8-6-16-30-23)18-24(25)31-17-7-11-26-12-14-27(15-13-26)21-9-4-5-10-22(21)28-2/h4-6,8-10,18-19H,3,7,11-17H2,1-2H3. The largest absolute Gasteiger partial charge is 0.495 e. The topological polar surface area (TPSA) is 43.4 Å². The van der Waals surface area contributed by atoms with E-state index in [1.807, 2.05) is 37.3 Å². The number of fused-ring (bicyclic) bond motifs is 1. The molecule has 0 atom stereocenters. The van der Waals surface area contributed by atoms with E-state index in [9.17, 15) is 0 Å². The highest BCUT2D eigenvalue weighted by Gasteiger charge is 2.19. The van der Waals surface area contributed by atoms with Crippen molar-refractivity contribution in [1.82, 2.24) is 4.90 Å². The summed E-state index contributed by atoms with van der Waals surface area (Å²) in [5.74, 6) is 3.34. The summed E-state index contributed by atoms with van der Waals surface area (Å²) in [5.41, 5.74) is 2.22. The van der Waals surface area contributed by atoms with Gasteiger partial charge in [0.1, 0.15) is 18.1 Å². The lowest BCUT2D eigenvalue weighted by atomic mass is 10.1. The molecule has 166 valence electrons. The third-order valence-corrected chi connectivity index (χ3v) is 5.68. The molecule has 2 heterocycles. The number of rotatable bonds is 9. The molecule has 6 heteroatoms. The van der Waals surface area contributed by atoms with Gasteiger partial charge in [0.25, 0.3) is 0 Å². The van der Waals surface area contributed by atoms with E-state index in [0.717, 1.165) is 67.7 Å². The van der Waals surface area contributed by atoms with E-state index in [1.54, 1.807) is 7.11 Å². The molecule has 1 saturated heterocycles. The maximum absolute atomic E-state index is 6.10. The molecule has 2 aliphatic heterocycles. The van der Waals surface area contributed by atoms with Gasteiger partial charge in [0.2, 0.25) is 0 Å². The molecular formula is C25H32N2O4. The number of nitrogens with zero attached hydrogens (tertiary/aromatic N) is 2. The van der Waals surface area contributed by atoms with Gasteiger partial charge in [-0.1, -0.05) is 18.2 Å². The summed E-state index contributed by atoms with van der Waals surface area (Å²) in [6, 6.07) is 12.2.